The minimum absolute atomic E-state index is 0.0655. The first-order chi connectivity index (χ1) is 10.6. The molecule has 0 amide bonds. The highest BCUT2D eigenvalue weighted by Gasteiger charge is 2.39. The summed E-state index contributed by atoms with van der Waals surface area (Å²) in [6.45, 7) is 5.85. The molecule has 2 aliphatic heterocycles. The van der Waals surface area contributed by atoms with Gasteiger partial charge in [0, 0.05) is 32.7 Å². The Balaban J connectivity index is 1.56. The third kappa shape index (κ3) is 3.45. The van der Waals surface area contributed by atoms with E-state index in [1.807, 2.05) is 0 Å². The van der Waals surface area contributed by atoms with Crippen molar-refractivity contribution in [2.45, 2.75) is 50.9 Å². The van der Waals surface area contributed by atoms with Gasteiger partial charge in [-0.25, -0.2) is 0 Å². The summed E-state index contributed by atoms with van der Waals surface area (Å²) in [6.07, 6.45) is 3.47. The Kier molecular flexibility index (Phi) is 4.71. The number of nitrogens with zero attached hydrogens (tertiary/aromatic N) is 1. The molecular formula is C18H27NO3. The zero-order chi connectivity index (χ0) is 15.6. The van der Waals surface area contributed by atoms with Gasteiger partial charge in [-0.1, -0.05) is 12.1 Å². The normalized spacial score (nSPS) is 25.3. The number of likely N-dealkylation sites (tertiary alicyclic amines) is 1. The first kappa shape index (κ1) is 15.8. The van der Waals surface area contributed by atoms with Crippen molar-refractivity contribution in [1.82, 2.24) is 4.90 Å². The molecule has 0 bridgehead atoms. The van der Waals surface area contributed by atoms with Crippen LogP contribution >= 0.6 is 0 Å². The van der Waals surface area contributed by atoms with Crippen molar-refractivity contribution < 1.29 is 14.6 Å². The number of benzene rings is 1. The number of rotatable bonds is 3. The van der Waals surface area contributed by atoms with Crippen LogP contribution in [0.5, 0.6) is 5.75 Å². The Labute approximate surface area is 133 Å². The van der Waals surface area contributed by atoms with Gasteiger partial charge in [-0.15, -0.1) is 0 Å². The molecule has 1 aromatic carbocycles. The highest BCUT2D eigenvalue weighted by atomic mass is 16.5. The van der Waals surface area contributed by atoms with E-state index < -0.39 is 0 Å². The van der Waals surface area contributed by atoms with Gasteiger partial charge in [0.2, 0.25) is 0 Å². The summed E-state index contributed by atoms with van der Waals surface area (Å²) in [5, 5.41) is 9.90. The molecule has 4 nitrogen and oxygen atoms in total. The molecular weight excluding hydrogens is 278 g/mol. The van der Waals surface area contributed by atoms with Crippen molar-refractivity contribution in [1.29, 1.82) is 0 Å². The molecule has 0 radical (unpaired) electrons. The number of aliphatic hydroxyl groups excluding tert-OH is 1. The molecule has 0 aromatic heterocycles. The fourth-order valence-electron chi connectivity index (χ4n) is 3.77. The van der Waals surface area contributed by atoms with Gasteiger partial charge in [-0.2, -0.15) is 0 Å². The fourth-order valence-corrected chi connectivity index (χ4v) is 3.77. The van der Waals surface area contributed by atoms with E-state index in [1.54, 1.807) is 7.11 Å². The first-order valence-corrected chi connectivity index (χ1v) is 8.28. The van der Waals surface area contributed by atoms with Crippen molar-refractivity contribution in [2.24, 2.45) is 0 Å². The molecule has 1 unspecified atom stereocenters. The van der Waals surface area contributed by atoms with Crippen LogP contribution < -0.4 is 4.74 Å². The first-order valence-electron chi connectivity index (χ1n) is 8.28. The Hall–Kier alpha value is -1.10. The monoisotopic (exact) mass is 305 g/mol. The predicted molar refractivity (Wildman–Crippen MR) is 86.2 cm³/mol. The molecule has 2 heterocycles. The lowest BCUT2D eigenvalue weighted by molar-refractivity contribution is -0.143. The number of hydrogen-bond donors (Lipinski definition) is 1. The van der Waals surface area contributed by atoms with Crippen LogP contribution in [0.2, 0.25) is 0 Å². The van der Waals surface area contributed by atoms with Gasteiger partial charge < -0.3 is 14.6 Å². The van der Waals surface area contributed by atoms with Crippen LogP contribution in [0.15, 0.2) is 18.2 Å². The lowest BCUT2D eigenvalue weighted by Gasteiger charge is -2.45. The van der Waals surface area contributed by atoms with Gasteiger partial charge in [0.05, 0.1) is 18.8 Å². The molecule has 3 rings (SSSR count). The van der Waals surface area contributed by atoms with Crippen molar-refractivity contribution in [3.63, 3.8) is 0 Å². The summed E-state index contributed by atoms with van der Waals surface area (Å²) < 4.78 is 11.3. The van der Waals surface area contributed by atoms with E-state index in [0.29, 0.717) is 6.61 Å². The molecule has 1 atom stereocenters. The van der Waals surface area contributed by atoms with E-state index in [2.05, 4.69) is 30.0 Å². The maximum absolute atomic E-state index is 9.90. The molecule has 1 N–H and O–H groups in total. The Morgan fingerprint density at radius 1 is 1.36 bits per heavy atom. The van der Waals surface area contributed by atoms with E-state index in [1.165, 1.54) is 11.1 Å². The quantitative estimate of drug-likeness (QED) is 0.932. The molecule has 2 aliphatic rings. The van der Waals surface area contributed by atoms with Gasteiger partial charge in [0.25, 0.3) is 0 Å². The minimum Gasteiger partial charge on any atom is -0.496 e. The van der Waals surface area contributed by atoms with Crippen LogP contribution in [0.25, 0.3) is 0 Å². The van der Waals surface area contributed by atoms with Crippen LogP contribution in [0.4, 0.5) is 0 Å². The van der Waals surface area contributed by atoms with Gasteiger partial charge in [0.15, 0.2) is 0 Å². The zero-order valence-electron chi connectivity index (χ0n) is 13.7. The molecule has 0 aliphatic carbocycles. The lowest BCUT2D eigenvalue weighted by Crippen LogP contribution is -2.50. The summed E-state index contributed by atoms with van der Waals surface area (Å²) >= 11 is 0. The lowest BCUT2D eigenvalue weighted by atomic mass is 9.83. The Morgan fingerprint density at radius 2 is 2.14 bits per heavy atom. The van der Waals surface area contributed by atoms with E-state index in [4.69, 9.17) is 9.47 Å². The summed E-state index contributed by atoms with van der Waals surface area (Å²) in [7, 11) is 1.71. The summed E-state index contributed by atoms with van der Waals surface area (Å²) in [6, 6.07) is 6.41. The maximum atomic E-state index is 9.90. The molecule has 1 aromatic rings. The summed E-state index contributed by atoms with van der Waals surface area (Å²) in [4.78, 5) is 2.48. The molecule has 4 heteroatoms. The number of hydrogen-bond acceptors (Lipinski definition) is 4. The molecule has 2 fully saturated rings. The second-order valence-electron chi connectivity index (χ2n) is 6.76. The van der Waals surface area contributed by atoms with E-state index >= 15 is 0 Å². The third-order valence-electron chi connectivity index (χ3n) is 5.10. The zero-order valence-corrected chi connectivity index (χ0v) is 13.7. The number of piperidine rings is 1. The van der Waals surface area contributed by atoms with Crippen LogP contribution in [-0.2, 0) is 11.3 Å². The molecule has 1 spiro atoms. The number of aliphatic hydroxyl groups is 1. The van der Waals surface area contributed by atoms with Crippen molar-refractivity contribution in [3.8, 4) is 5.75 Å². The average molecular weight is 305 g/mol. The van der Waals surface area contributed by atoms with Crippen LogP contribution in [0, 0.1) is 6.92 Å². The molecule has 2 saturated heterocycles. The van der Waals surface area contributed by atoms with Crippen molar-refractivity contribution in [2.75, 3.05) is 26.8 Å². The van der Waals surface area contributed by atoms with Crippen LogP contribution in [-0.4, -0.2) is 48.5 Å². The van der Waals surface area contributed by atoms with Crippen molar-refractivity contribution in [3.05, 3.63) is 29.3 Å². The third-order valence-corrected chi connectivity index (χ3v) is 5.10. The van der Waals surface area contributed by atoms with E-state index in [0.717, 1.165) is 51.1 Å². The number of aryl methyl sites for hydroxylation is 1. The maximum Gasteiger partial charge on any atom is 0.121 e. The van der Waals surface area contributed by atoms with E-state index in [9.17, 15) is 5.11 Å². The highest BCUT2D eigenvalue weighted by molar-refractivity contribution is 5.36. The van der Waals surface area contributed by atoms with Gasteiger partial charge in [0.1, 0.15) is 5.75 Å². The predicted octanol–water partition coefficient (Wildman–Crippen LogP) is 2.51. The van der Waals surface area contributed by atoms with Crippen molar-refractivity contribution >= 4 is 0 Å². The highest BCUT2D eigenvalue weighted by Crippen LogP contribution is 2.35. The average Bonchev–Trinajstić information content (AvgIpc) is 2.50. The van der Waals surface area contributed by atoms with Gasteiger partial charge >= 0.3 is 0 Å². The summed E-state index contributed by atoms with van der Waals surface area (Å²) in [5.41, 5.74) is 2.45. The summed E-state index contributed by atoms with van der Waals surface area (Å²) in [5.74, 6) is 0.950. The van der Waals surface area contributed by atoms with Gasteiger partial charge in [-0.05, 0) is 43.4 Å². The number of methoxy groups -OCH3 is 1. The topological polar surface area (TPSA) is 41.9 Å². The Bertz CT molecular complexity index is 509. The fraction of sp³-hybridized carbons (Fsp3) is 0.667. The number of ether oxygens (including phenoxy) is 2. The minimum atomic E-state index is -0.176. The van der Waals surface area contributed by atoms with E-state index in [-0.39, 0.29) is 11.7 Å². The Morgan fingerprint density at radius 3 is 2.77 bits per heavy atom. The van der Waals surface area contributed by atoms with Crippen LogP contribution in [0.3, 0.4) is 0 Å². The standard InChI is InChI=1S/C18H27NO3/c1-14-11-15(3-4-17(14)21-2)13-19-8-6-18(7-9-19)12-16(20)5-10-22-18/h3-4,11,16,20H,5-10,12-13H2,1-2H3. The second-order valence-corrected chi connectivity index (χ2v) is 6.76. The largest absolute Gasteiger partial charge is 0.496 e. The molecule has 22 heavy (non-hydrogen) atoms. The van der Waals surface area contributed by atoms with Gasteiger partial charge in [-0.3, -0.25) is 4.90 Å². The SMILES string of the molecule is COc1ccc(CN2CCC3(CC2)CC(O)CCO3)cc1C. The van der Waals surface area contributed by atoms with Crippen LogP contribution in [0.1, 0.15) is 36.8 Å². The smallest absolute Gasteiger partial charge is 0.121 e. The second kappa shape index (κ2) is 6.57. The molecule has 122 valence electrons. The molecule has 0 saturated carbocycles.